The maximum absolute atomic E-state index is 11.3. The van der Waals surface area contributed by atoms with Gasteiger partial charge in [-0.05, 0) is 26.2 Å². The molecule has 0 heterocycles. The van der Waals surface area contributed by atoms with Gasteiger partial charge in [-0.1, -0.05) is 6.07 Å². The number of nitrogen functional groups attached to an aromatic ring is 1. The van der Waals surface area contributed by atoms with Gasteiger partial charge in [0.15, 0.2) is 0 Å². The first kappa shape index (κ1) is 14.3. The number of para-hydroxylation sites is 1. The molecule has 7 heteroatoms. The van der Waals surface area contributed by atoms with Crippen LogP contribution in [0.25, 0.3) is 0 Å². The summed E-state index contributed by atoms with van der Waals surface area (Å²) in [5, 5.41) is 5.08. The van der Waals surface area contributed by atoms with E-state index in [-0.39, 0.29) is 10.6 Å². The summed E-state index contributed by atoms with van der Waals surface area (Å²) >= 11 is 1.52. The van der Waals surface area contributed by atoms with Crippen molar-refractivity contribution in [2.45, 2.75) is 9.79 Å². The summed E-state index contributed by atoms with van der Waals surface area (Å²) in [7, 11) is 0.208. The molecule has 0 bridgehead atoms. The molecule has 4 N–H and O–H groups in total. The van der Waals surface area contributed by atoms with Gasteiger partial charge < -0.3 is 10.6 Å². The second-order valence-corrected chi connectivity index (χ2v) is 6.53. The summed E-state index contributed by atoms with van der Waals surface area (Å²) in [4.78, 5) is 2.79. The summed E-state index contributed by atoms with van der Waals surface area (Å²) in [6, 6.07) is 4.86. The van der Waals surface area contributed by atoms with Gasteiger partial charge in [0.25, 0.3) is 0 Å². The van der Waals surface area contributed by atoms with E-state index in [1.54, 1.807) is 12.1 Å². The number of hydrogen-bond donors (Lipinski definition) is 2. The minimum absolute atomic E-state index is 0.00708. The fourth-order valence-electron chi connectivity index (χ4n) is 1.24. The summed E-state index contributed by atoms with van der Waals surface area (Å²) in [6.45, 7) is 0.893. The molecule has 96 valence electrons. The fourth-order valence-corrected chi connectivity index (χ4v) is 3.10. The molecule has 0 aliphatic carbocycles. The summed E-state index contributed by atoms with van der Waals surface area (Å²) in [5.41, 5.74) is 6.03. The molecule has 17 heavy (non-hydrogen) atoms. The van der Waals surface area contributed by atoms with Crippen LogP contribution in [-0.2, 0) is 10.0 Å². The predicted octanol–water partition coefficient (Wildman–Crippen LogP) is 0.570. The highest BCUT2D eigenvalue weighted by Gasteiger charge is 2.14. The van der Waals surface area contributed by atoms with Gasteiger partial charge in [-0.25, -0.2) is 13.6 Å². The average Bonchev–Trinajstić information content (AvgIpc) is 2.18. The molecule has 0 atom stereocenters. The molecule has 0 aliphatic heterocycles. The second kappa shape index (κ2) is 5.72. The summed E-state index contributed by atoms with van der Waals surface area (Å²) in [6.07, 6.45) is 0. The Labute approximate surface area is 106 Å². The highest BCUT2D eigenvalue weighted by Crippen LogP contribution is 2.29. The van der Waals surface area contributed by atoms with Crippen LogP contribution < -0.4 is 10.9 Å². The van der Waals surface area contributed by atoms with Crippen LogP contribution in [0.5, 0.6) is 0 Å². The van der Waals surface area contributed by atoms with Crippen molar-refractivity contribution < 1.29 is 8.42 Å². The Bertz CT molecular complexity index is 486. The van der Waals surface area contributed by atoms with Gasteiger partial charge in [0, 0.05) is 17.2 Å². The lowest BCUT2D eigenvalue weighted by atomic mass is 10.3. The van der Waals surface area contributed by atoms with Crippen LogP contribution in [0.1, 0.15) is 0 Å². The molecule has 0 amide bonds. The lowest BCUT2D eigenvalue weighted by Crippen LogP contribution is -2.16. The molecule has 0 saturated carbocycles. The number of hydrogen-bond acceptors (Lipinski definition) is 5. The van der Waals surface area contributed by atoms with E-state index in [2.05, 4.69) is 0 Å². The molecule has 5 nitrogen and oxygen atoms in total. The zero-order valence-corrected chi connectivity index (χ0v) is 11.5. The maximum atomic E-state index is 11.3. The number of primary sulfonamides is 1. The zero-order valence-electron chi connectivity index (χ0n) is 9.88. The molecule has 0 aromatic heterocycles. The van der Waals surface area contributed by atoms with E-state index in [0.29, 0.717) is 0 Å². The van der Waals surface area contributed by atoms with Crippen molar-refractivity contribution >= 4 is 27.5 Å². The second-order valence-electron chi connectivity index (χ2n) is 3.86. The largest absolute Gasteiger partial charge is 0.397 e. The molecule has 0 unspecified atom stereocenters. The molecule has 0 aliphatic rings. The van der Waals surface area contributed by atoms with Gasteiger partial charge in [-0.3, -0.25) is 0 Å². The highest BCUT2D eigenvalue weighted by atomic mass is 32.2. The SMILES string of the molecule is CN(C)CCSc1cccc(S(N)(=O)=O)c1N. The molecule has 1 aromatic rings. The quantitative estimate of drug-likeness (QED) is 0.606. The van der Waals surface area contributed by atoms with E-state index in [0.717, 1.165) is 17.2 Å². The summed E-state index contributed by atoms with van der Waals surface area (Å²) in [5.74, 6) is 0.839. The van der Waals surface area contributed by atoms with Crippen LogP contribution in [0.15, 0.2) is 28.0 Å². The third kappa shape index (κ3) is 4.19. The van der Waals surface area contributed by atoms with Crippen LogP contribution in [0.4, 0.5) is 5.69 Å². The minimum atomic E-state index is -3.75. The standard InChI is InChI=1S/C10H17N3O2S2/c1-13(2)6-7-16-8-4-3-5-9(10(8)11)17(12,14)15/h3-5H,6-7,11H2,1-2H3,(H2,12,14,15). The molecule has 1 rings (SSSR count). The van der Waals surface area contributed by atoms with Gasteiger partial charge in [0.1, 0.15) is 4.90 Å². The van der Waals surface area contributed by atoms with Crippen molar-refractivity contribution in [2.24, 2.45) is 5.14 Å². The Morgan fingerprint density at radius 1 is 1.35 bits per heavy atom. The van der Waals surface area contributed by atoms with E-state index >= 15 is 0 Å². The number of benzene rings is 1. The Kier molecular flexibility index (Phi) is 4.81. The van der Waals surface area contributed by atoms with E-state index in [4.69, 9.17) is 10.9 Å². The van der Waals surface area contributed by atoms with Crippen LogP contribution >= 0.6 is 11.8 Å². The van der Waals surface area contributed by atoms with Crippen LogP contribution in [0, 0.1) is 0 Å². The Balaban J connectivity index is 2.88. The molecular formula is C10H17N3O2S2. The number of anilines is 1. The molecule has 1 aromatic carbocycles. The third-order valence-electron chi connectivity index (χ3n) is 2.13. The third-order valence-corrected chi connectivity index (χ3v) is 4.15. The Morgan fingerprint density at radius 2 is 2.00 bits per heavy atom. The predicted molar refractivity (Wildman–Crippen MR) is 71.5 cm³/mol. The molecule has 0 spiro atoms. The van der Waals surface area contributed by atoms with Crippen LogP contribution in [-0.4, -0.2) is 39.7 Å². The molecule has 0 saturated heterocycles. The van der Waals surface area contributed by atoms with E-state index in [9.17, 15) is 8.42 Å². The number of nitrogens with two attached hydrogens (primary N) is 2. The van der Waals surface area contributed by atoms with Gasteiger partial charge in [0.05, 0.1) is 5.69 Å². The zero-order chi connectivity index (χ0) is 13.1. The van der Waals surface area contributed by atoms with E-state index < -0.39 is 10.0 Å². The van der Waals surface area contributed by atoms with Gasteiger partial charge in [0.2, 0.25) is 10.0 Å². The number of sulfonamides is 1. The van der Waals surface area contributed by atoms with Crippen molar-refractivity contribution in [2.75, 3.05) is 32.1 Å². The average molecular weight is 275 g/mol. The normalized spacial score (nSPS) is 12.0. The van der Waals surface area contributed by atoms with Gasteiger partial charge in [-0.15, -0.1) is 11.8 Å². The first-order valence-corrected chi connectivity index (χ1v) is 7.54. The first-order chi connectivity index (χ1) is 7.82. The van der Waals surface area contributed by atoms with E-state index in [1.165, 1.54) is 17.8 Å². The van der Waals surface area contributed by atoms with Crippen LogP contribution in [0.2, 0.25) is 0 Å². The Hall–Kier alpha value is -0.760. The number of nitrogens with zero attached hydrogens (tertiary/aromatic N) is 1. The topological polar surface area (TPSA) is 89.4 Å². The molecular weight excluding hydrogens is 258 g/mol. The van der Waals surface area contributed by atoms with Crippen molar-refractivity contribution in [1.29, 1.82) is 0 Å². The van der Waals surface area contributed by atoms with Crippen molar-refractivity contribution in [3.63, 3.8) is 0 Å². The monoisotopic (exact) mass is 275 g/mol. The van der Waals surface area contributed by atoms with Crippen LogP contribution in [0.3, 0.4) is 0 Å². The number of thioether (sulfide) groups is 1. The minimum Gasteiger partial charge on any atom is -0.397 e. The van der Waals surface area contributed by atoms with Crippen molar-refractivity contribution in [3.05, 3.63) is 18.2 Å². The van der Waals surface area contributed by atoms with Crippen molar-refractivity contribution in [3.8, 4) is 0 Å². The first-order valence-electron chi connectivity index (χ1n) is 5.01. The van der Waals surface area contributed by atoms with Gasteiger partial charge >= 0.3 is 0 Å². The van der Waals surface area contributed by atoms with E-state index in [1.807, 2.05) is 19.0 Å². The fraction of sp³-hybridized carbons (Fsp3) is 0.400. The number of rotatable bonds is 5. The smallest absolute Gasteiger partial charge is 0.240 e. The maximum Gasteiger partial charge on any atom is 0.240 e. The lowest BCUT2D eigenvalue weighted by molar-refractivity contribution is 0.437. The van der Waals surface area contributed by atoms with Gasteiger partial charge in [-0.2, -0.15) is 0 Å². The van der Waals surface area contributed by atoms with Crippen molar-refractivity contribution in [1.82, 2.24) is 4.90 Å². The highest BCUT2D eigenvalue weighted by molar-refractivity contribution is 7.99. The molecule has 0 fully saturated rings. The molecule has 0 radical (unpaired) electrons. The lowest BCUT2D eigenvalue weighted by Gasteiger charge is -2.11. The summed E-state index contributed by atoms with van der Waals surface area (Å²) < 4.78 is 22.5. The Morgan fingerprint density at radius 3 is 2.53 bits per heavy atom.